The Balaban J connectivity index is 1.92. The number of hydrogen-bond donors (Lipinski definition) is 2. The molecule has 2 aromatic carbocycles. The molecule has 1 unspecified atom stereocenters. The highest BCUT2D eigenvalue weighted by Crippen LogP contribution is 2.13. The maximum absolute atomic E-state index is 13.5. The molecule has 2 rings (SSSR count). The van der Waals surface area contributed by atoms with Gasteiger partial charge in [-0.1, -0.05) is 31.2 Å². The van der Waals surface area contributed by atoms with E-state index in [-0.39, 0.29) is 12.2 Å². The molecule has 0 saturated carbocycles. The van der Waals surface area contributed by atoms with E-state index in [2.05, 4.69) is 10.0 Å². The van der Waals surface area contributed by atoms with E-state index in [1.165, 1.54) is 43.3 Å². The summed E-state index contributed by atoms with van der Waals surface area (Å²) >= 11 is 0. The van der Waals surface area contributed by atoms with Crippen LogP contribution >= 0.6 is 0 Å². The summed E-state index contributed by atoms with van der Waals surface area (Å²) in [5.74, 6) is -2.88. The average molecular weight is 368 g/mol. The van der Waals surface area contributed by atoms with Crippen molar-refractivity contribution in [3.8, 4) is 0 Å². The van der Waals surface area contributed by atoms with Crippen molar-refractivity contribution in [1.29, 1.82) is 0 Å². The first kappa shape index (κ1) is 18.9. The monoisotopic (exact) mass is 368 g/mol. The van der Waals surface area contributed by atoms with Crippen LogP contribution in [0.3, 0.4) is 0 Å². The van der Waals surface area contributed by atoms with Crippen molar-refractivity contribution < 1.29 is 22.0 Å². The van der Waals surface area contributed by atoms with Crippen LogP contribution in [0.15, 0.2) is 48.5 Å². The molecule has 0 aliphatic carbocycles. The molecule has 2 N–H and O–H groups in total. The number of carbonyl (C=O) groups is 1. The quantitative estimate of drug-likeness (QED) is 0.789. The zero-order chi connectivity index (χ0) is 18.4. The lowest BCUT2D eigenvalue weighted by Crippen LogP contribution is -2.34. The van der Waals surface area contributed by atoms with E-state index in [0.717, 1.165) is 6.07 Å². The zero-order valence-electron chi connectivity index (χ0n) is 13.5. The minimum absolute atomic E-state index is 0.0345. The normalized spacial score (nSPS) is 12.4. The molecule has 134 valence electrons. The number of rotatable bonds is 7. The molecule has 2 aromatic rings. The van der Waals surface area contributed by atoms with E-state index < -0.39 is 39.2 Å². The second-order valence-corrected chi connectivity index (χ2v) is 7.37. The Morgan fingerprint density at radius 2 is 1.84 bits per heavy atom. The molecule has 0 radical (unpaired) electrons. The van der Waals surface area contributed by atoms with Crippen LogP contribution in [0.4, 0.5) is 14.5 Å². The largest absolute Gasteiger partial charge is 0.352 e. The van der Waals surface area contributed by atoms with E-state index in [1.54, 1.807) is 6.07 Å². The fourth-order valence-electron chi connectivity index (χ4n) is 2.18. The van der Waals surface area contributed by atoms with Crippen LogP contribution in [-0.2, 0) is 21.4 Å². The molecule has 0 bridgehead atoms. The predicted octanol–water partition coefficient (Wildman–Crippen LogP) is 2.66. The molecule has 0 aliphatic rings. The molecule has 0 aromatic heterocycles. The molecule has 0 aliphatic heterocycles. The number of halogens is 2. The average Bonchev–Trinajstić information content (AvgIpc) is 2.52. The Labute approximate surface area is 145 Å². The third-order valence-corrected chi connectivity index (χ3v) is 4.91. The van der Waals surface area contributed by atoms with Crippen LogP contribution in [0.25, 0.3) is 0 Å². The lowest BCUT2D eigenvalue weighted by molar-refractivity contribution is -0.124. The summed E-state index contributed by atoms with van der Waals surface area (Å²) in [4.78, 5) is 12.0. The van der Waals surface area contributed by atoms with Gasteiger partial charge in [-0.05, 0) is 24.3 Å². The smallest absolute Gasteiger partial charge is 0.233 e. The first-order valence-corrected chi connectivity index (χ1v) is 9.19. The standard InChI is InChI=1S/C17H18F2N2O3S/c1-12(17(22)20-10-13-5-2-3-8-16(13)19)11-25(23,24)21-15-7-4-6-14(18)9-15/h2-9,12,21H,10-11H2,1H3,(H,20,22). The lowest BCUT2D eigenvalue weighted by atomic mass is 10.2. The van der Waals surface area contributed by atoms with Gasteiger partial charge < -0.3 is 5.32 Å². The van der Waals surface area contributed by atoms with Crippen molar-refractivity contribution in [2.24, 2.45) is 5.92 Å². The number of carbonyl (C=O) groups excluding carboxylic acids is 1. The molecule has 0 fully saturated rings. The van der Waals surface area contributed by atoms with Crippen molar-refractivity contribution in [3.05, 3.63) is 65.7 Å². The van der Waals surface area contributed by atoms with Crippen molar-refractivity contribution in [1.82, 2.24) is 5.32 Å². The van der Waals surface area contributed by atoms with E-state index in [9.17, 15) is 22.0 Å². The van der Waals surface area contributed by atoms with Gasteiger partial charge in [0.15, 0.2) is 0 Å². The first-order chi connectivity index (χ1) is 11.8. The lowest BCUT2D eigenvalue weighted by Gasteiger charge is -2.14. The summed E-state index contributed by atoms with van der Waals surface area (Å²) in [5.41, 5.74) is 0.391. The minimum Gasteiger partial charge on any atom is -0.352 e. The van der Waals surface area contributed by atoms with E-state index in [4.69, 9.17) is 0 Å². The molecule has 1 atom stereocenters. The van der Waals surface area contributed by atoms with Crippen molar-refractivity contribution in [2.45, 2.75) is 13.5 Å². The third-order valence-electron chi connectivity index (χ3n) is 3.43. The van der Waals surface area contributed by atoms with Crippen molar-refractivity contribution in [2.75, 3.05) is 10.5 Å². The number of hydrogen-bond acceptors (Lipinski definition) is 3. The Morgan fingerprint density at radius 3 is 2.52 bits per heavy atom. The second-order valence-electron chi connectivity index (χ2n) is 5.60. The molecule has 0 spiro atoms. The van der Waals surface area contributed by atoms with Gasteiger partial charge in [-0.15, -0.1) is 0 Å². The number of anilines is 1. The molecule has 1 amide bonds. The van der Waals surface area contributed by atoms with Gasteiger partial charge in [-0.3, -0.25) is 9.52 Å². The highest BCUT2D eigenvalue weighted by molar-refractivity contribution is 7.92. The fourth-order valence-corrected chi connectivity index (χ4v) is 3.56. The number of benzene rings is 2. The van der Waals surface area contributed by atoms with Gasteiger partial charge in [0, 0.05) is 12.1 Å². The number of sulfonamides is 1. The van der Waals surface area contributed by atoms with Crippen LogP contribution in [0.5, 0.6) is 0 Å². The summed E-state index contributed by atoms with van der Waals surface area (Å²) in [6, 6.07) is 11.0. The molecule has 0 heterocycles. The minimum atomic E-state index is -3.84. The summed E-state index contributed by atoms with van der Waals surface area (Å²) in [6.45, 7) is 1.41. The molecule has 8 heteroatoms. The summed E-state index contributed by atoms with van der Waals surface area (Å²) in [7, 11) is -3.84. The van der Waals surface area contributed by atoms with Gasteiger partial charge in [0.1, 0.15) is 11.6 Å². The number of nitrogens with one attached hydrogen (secondary N) is 2. The number of amides is 1. The van der Waals surface area contributed by atoms with Crippen LogP contribution in [0, 0.1) is 17.6 Å². The Hall–Kier alpha value is -2.48. The van der Waals surface area contributed by atoms with Gasteiger partial charge >= 0.3 is 0 Å². The molecule has 5 nitrogen and oxygen atoms in total. The summed E-state index contributed by atoms with van der Waals surface area (Å²) in [5, 5.41) is 2.50. The molecule has 25 heavy (non-hydrogen) atoms. The topological polar surface area (TPSA) is 75.3 Å². The summed E-state index contributed by atoms with van der Waals surface area (Å²) < 4.78 is 53.0. The van der Waals surface area contributed by atoms with E-state index in [0.29, 0.717) is 5.56 Å². The van der Waals surface area contributed by atoms with Crippen LogP contribution < -0.4 is 10.0 Å². The van der Waals surface area contributed by atoms with Crippen LogP contribution in [0.2, 0.25) is 0 Å². The van der Waals surface area contributed by atoms with Gasteiger partial charge in [-0.2, -0.15) is 0 Å². The maximum atomic E-state index is 13.5. The van der Waals surface area contributed by atoms with Crippen LogP contribution in [0.1, 0.15) is 12.5 Å². The molecular formula is C17H18F2N2O3S. The Bertz CT molecular complexity index is 856. The van der Waals surface area contributed by atoms with E-state index >= 15 is 0 Å². The zero-order valence-corrected chi connectivity index (χ0v) is 14.3. The fraction of sp³-hybridized carbons (Fsp3) is 0.235. The van der Waals surface area contributed by atoms with Crippen LogP contribution in [-0.4, -0.2) is 20.1 Å². The maximum Gasteiger partial charge on any atom is 0.233 e. The first-order valence-electron chi connectivity index (χ1n) is 7.54. The summed E-state index contributed by atoms with van der Waals surface area (Å²) in [6.07, 6.45) is 0. The van der Waals surface area contributed by atoms with Gasteiger partial charge in [-0.25, -0.2) is 17.2 Å². The van der Waals surface area contributed by atoms with Crippen molar-refractivity contribution >= 4 is 21.6 Å². The highest BCUT2D eigenvalue weighted by Gasteiger charge is 2.21. The SMILES string of the molecule is CC(CS(=O)(=O)Nc1cccc(F)c1)C(=O)NCc1ccccc1F. The van der Waals surface area contributed by atoms with Gasteiger partial charge in [0.05, 0.1) is 17.4 Å². The predicted molar refractivity (Wildman–Crippen MR) is 91.2 cm³/mol. The Kier molecular flexibility index (Phi) is 6.08. The van der Waals surface area contributed by atoms with E-state index in [1.807, 2.05) is 0 Å². The Morgan fingerprint density at radius 1 is 1.12 bits per heavy atom. The molecular weight excluding hydrogens is 350 g/mol. The highest BCUT2D eigenvalue weighted by atomic mass is 32.2. The molecule has 0 saturated heterocycles. The van der Waals surface area contributed by atoms with Crippen molar-refractivity contribution in [3.63, 3.8) is 0 Å². The third kappa shape index (κ3) is 5.82. The van der Waals surface area contributed by atoms with Gasteiger partial charge in [0.25, 0.3) is 0 Å². The van der Waals surface area contributed by atoms with Gasteiger partial charge in [0.2, 0.25) is 15.9 Å². The second kappa shape index (κ2) is 8.06.